The van der Waals surface area contributed by atoms with Crippen molar-refractivity contribution in [3.05, 3.63) is 57.6 Å². The molecule has 0 radical (unpaired) electrons. The minimum Gasteiger partial charge on any atom is -0.507 e. The van der Waals surface area contributed by atoms with Crippen molar-refractivity contribution in [3.8, 4) is 11.5 Å². The molecule has 0 fully saturated rings. The zero-order chi connectivity index (χ0) is 21.2. The van der Waals surface area contributed by atoms with Crippen molar-refractivity contribution in [3.63, 3.8) is 0 Å². The molecule has 0 spiro atoms. The molecule has 154 valence electrons. The number of aryl methyl sites for hydroxylation is 2. The van der Waals surface area contributed by atoms with Gasteiger partial charge >= 0.3 is 0 Å². The van der Waals surface area contributed by atoms with Crippen molar-refractivity contribution >= 4 is 0 Å². The Bertz CT molecular complexity index is 750. The van der Waals surface area contributed by atoms with Crippen LogP contribution >= 0.6 is 0 Å². The third-order valence-corrected chi connectivity index (χ3v) is 5.85. The minimum absolute atomic E-state index is 0.0481. The molecular formula is C26H38O2. The lowest BCUT2D eigenvalue weighted by molar-refractivity contribution is 0.426. The lowest BCUT2D eigenvalue weighted by Gasteiger charge is -2.28. The second kappa shape index (κ2) is 9.03. The van der Waals surface area contributed by atoms with Crippen LogP contribution < -0.4 is 0 Å². The Morgan fingerprint density at radius 1 is 0.607 bits per heavy atom. The Kier molecular flexibility index (Phi) is 7.20. The maximum atomic E-state index is 11.2. The molecular weight excluding hydrogens is 344 g/mol. The van der Waals surface area contributed by atoms with E-state index in [1.807, 2.05) is 0 Å². The Balaban J connectivity index is 2.82. The number of phenols is 2. The summed E-state index contributed by atoms with van der Waals surface area (Å²) in [6.07, 6.45) is 1.85. The summed E-state index contributed by atoms with van der Waals surface area (Å²) in [5.41, 5.74) is 6.34. The van der Waals surface area contributed by atoms with Gasteiger partial charge in [-0.3, -0.25) is 0 Å². The Morgan fingerprint density at radius 3 is 1.18 bits per heavy atom. The van der Waals surface area contributed by atoms with Crippen molar-refractivity contribution in [2.24, 2.45) is 5.92 Å². The fourth-order valence-electron chi connectivity index (χ4n) is 4.14. The third kappa shape index (κ3) is 4.37. The van der Waals surface area contributed by atoms with E-state index in [4.69, 9.17) is 0 Å². The van der Waals surface area contributed by atoms with Crippen molar-refractivity contribution in [1.82, 2.24) is 0 Å². The van der Waals surface area contributed by atoms with E-state index in [0.717, 1.165) is 35.1 Å². The van der Waals surface area contributed by atoms with Crippen LogP contribution in [-0.2, 0) is 12.8 Å². The average molecular weight is 383 g/mol. The molecule has 0 saturated heterocycles. The Morgan fingerprint density at radius 2 is 0.929 bits per heavy atom. The first-order valence-electron chi connectivity index (χ1n) is 10.8. The van der Waals surface area contributed by atoms with Crippen molar-refractivity contribution < 1.29 is 10.2 Å². The minimum atomic E-state index is -0.0481. The van der Waals surface area contributed by atoms with E-state index in [1.54, 1.807) is 0 Å². The molecule has 2 nitrogen and oxygen atoms in total. The number of aromatic hydroxyl groups is 2. The molecule has 2 N–H and O–H groups in total. The number of hydrogen-bond acceptors (Lipinski definition) is 2. The van der Waals surface area contributed by atoms with Crippen LogP contribution in [0.1, 0.15) is 107 Å². The molecule has 0 aromatic heterocycles. The molecule has 0 bridgehead atoms. The van der Waals surface area contributed by atoms with Gasteiger partial charge in [-0.15, -0.1) is 0 Å². The number of benzene rings is 2. The first-order valence-corrected chi connectivity index (χ1v) is 10.8. The van der Waals surface area contributed by atoms with Gasteiger partial charge in [-0.1, -0.05) is 79.7 Å². The number of rotatable bonds is 7. The second-order valence-corrected chi connectivity index (χ2v) is 8.98. The van der Waals surface area contributed by atoms with Gasteiger partial charge in [-0.05, 0) is 52.8 Å². The van der Waals surface area contributed by atoms with Crippen molar-refractivity contribution in [2.75, 3.05) is 0 Å². The standard InChI is InChI=1S/C26H38O2/c1-9-18-11-20(15(3)4)25(27)22(13-18)24(17(7)8)23-14-19(10-2)12-21(16(5)6)26(23)28/h11-17,24,27-28H,9-10H2,1-8H3. The highest BCUT2D eigenvalue weighted by Gasteiger charge is 2.28. The molecule has 2 rings (SSSR count). The van der Waals surface area contributed by atoms with Gasteiger partial charge in [0.15, 0.2) is 0 Å². The predicted molar refractivity (Wildman–Crippen MR) is 120 cm³/mol. The maximum Gasteiger partial charge on any atom is 0.122 e. The molecule has 2 aromatic rings. The summed E-state index contributed by atoms with van der Waals surface area (Å²) in [5.74, 6) is 1.47. The highest BCUT2D eigenvalue weighted by molar-refractivity contribution is 5.55. The Labute approximate surface area is 171 Å². The van der Waals surface area contributed by atoms with E-state index in [2.05, 4.69) is 79.7 Å². The summed E-state index contributed by atoms with van der Waals surface area (Å²) in [6, 6.07) is 8.53. The fourth-order valence-corrected chi connectivity index (χ4v) is 4.14. The van der Waals surface area contributed by atoms with Crippen LogP contribution in [0.2, 0.25) is 0 Å². The summed E-state index contributed by atoms with van der Waals surface area (Å²) < 4.78 is 0. The van der Waals surface area contributed by atoms with Crippen LogP contribution in [0.25, 0.3) is 0 Å². The van der Waals surface area contributed by atoms with Crippen LogP contribution in [0.4, 0.5) is 0 Å². The van der Waals surface area contributed by atoms with E-state index in [9.17, 15) is 10.2 Å². The molecule has 0 unspecified atom stereocenters. The summed E-state index contributed by atoms with van der Waals surface area (Å²) in [7, 11) is 0. The van der Waals surface area contributed by atoms with E-state index in [1.165, 1.54) is 11.1 Å². The first kappa shape index (κ1) is 22.3. The van der Waals surface area contributed by atoms with Crippen molar-refractivity contribution in [1.29, 1.82) is 0 Å². The van der Waals surface area contributed by atoms with Gasteiger partial charge in [0.05, 0.1) is 0 Å². The molecule has 0 heterocycles. The zero-order valence-corrected chi connectivity index (χ0v) is 18.9. The first-order chi connectivity index (χ1) is 13.1. The molecule has 28 heavy (non-hydrogen) atoms. The third-order valence-electron chi connectivity index (χ3n) is 5.85. The highest BCUT2D eigenvalue weighted by Crippen LogP contribution is 2.45. The maximum absolute atomic E-state index is 11.2. The number of phenolic OH excluding ortho intramolecular Hbond substituents is 2. The Hall–Kier alpha value is -1.96. The molecule has 0 atom stereocenters. The summed E-state index contributed by atoms with van der Waals surface area (Å²) in [6.45, 7) is 17.1. The lowest BCUT2D eigenvalue weighted by Crippen LogP contribution is -2.12. The predicted octanol–water partition coefficient (Wildman–Crippen LogP) is 7.26. The van der Waals surface area contributed by atoms with Crippen LogP contribution in [0.15, 0.2) is 24.3 Å². The molecule has 0 aliphatic heterocycles. The fraction of sp³-hybridized carbons (Fsp3) is 0.538. The molecule has 0 amide bonds. The van der Waals surface area contributed by atoms with Gasteiger partial charge in [0.25, 0.3) is 0 Å². The van der Waals surface area contributed by atoms with Gasteiger partial charge in [-0.25, -0.2) is 0 Å². The molecule has 0 aliphatic carbocycles. The van der Waals surface area contributed by atoms with E-state index >= 15 is 0 Å². The van der Waals surface area contributed by atoms with Gasteiger partial charge < -0.3 is 10.2 Å². The topological polar surface area (TPSA) is 40.5 Å². The van der Waals surface area contributed by atoms with Crippen LogP contribution in [-0.4, -0.2) is 10.2 Å². The highest BCUT2D eigenvalue weighted by atomic mass is 16.3. The van der Waals surface area contributed by atoms with E-state index in [-0.39, 0.29) is 23.7 Å². The van der Waals surface area contributed by atoms with Crippen LogP contribution in [0.3, 0.4) is 0 Å². The number of hydrogen-bond donors (Lipinski definition) is 2. The monoisotopic (exact) mass is 382 g/mol. The largest absolute Gasteiger partial charge is 0.507 e. The van der Waals surface area contributed by atoms with Gasteiger partial charge in [-0.2, -0.15) is 0 Å². The SMILES string of the molecule is CCc1cc(C(C)C)c(O)c(C(c2cc(CC)cc(C(C)C)c2O)C(C)C)c1. The molecule has 0 aliphatic rings. The second-order valence-electron chi connectivity index (χ2n) is 8.98. The smallest absolute Gasteiger partial charge is 0.122 e. The van der Waals surface area contributed by atoms with Crippen molar-refractivity contribution in [2.45, 2.75) is 86.0 Å². The lowest BCUT2D eigenvalue weighted by atomic mass is 9.77. The van der Waals surface area contributed by atoms with Crippen LogP contribution in [0, 0.1) is 5.92 Å². The normalized spacial score (nSPS) is 12.0. The zero-order valence-electron chi connectivity index (χ0n) is 18.9. The van der Waals surface area contributed by atoms with Gasteiger partial charge in [0.1, 0.15) is 11.5 Å². The molecule has 0 saturated carbocycles. The van der Waals surface area contributed by atoms with Gasteiger partial charge in [0, 0.05) is 17.0 Å². The van der Waals surface area contributed by atoms with E-state index < -0.39 is 0 Å². The quantitative estimate of drug-likeness (QED) is 0.529. The average Bonchev–Trinajstić information content (AvgIpc) is 2.63. The summed E-state index contributed by atoms with van der Waals surface area (Å²) in [5, 5.41) is 22.3. The van der Waals surface area contributed by atoms with Crippen LogP contribution in [0.5, 0.6) is 11.5 Å². The summed E-state index contributed by atoms with van der Waals surface area (Å²) in [4.78, 5) is 0. The van der Waals surface area contributed by atoms with E-state index in [0.29, 0.717) is 11.5 Å². The molecule has 2 aromatic carbocycles. The van der Waals surface area contributed by atoms with Gasteiger partial charge in [0.2, 0.25) is 0 Å². The molecule has 2 heteroatoms. The summed E-state index contributed by atoms with van der Waals surface area (Å²) >= 11 is 0.